The number of rotatable bonds is 3. The van der Waals surface area contributed by atoms with Crippen molar-refractivity contribution in [1.29, 1.82) is 0 Å². The maximum atomic E-state index is 5.25. The fraction of sp³-hybridized carbons (Fsp3) is 0.250. The predicted molar refractivity (Wildman–Crippen MR) is 44.9 cm³/mol. The highest BCUT2D eigenvalue weighted by molar-refractivity contribution is 6.30. The van der Waals surface area contributed by atoms with Crippen LogP contribution in [0.4, 0.5) is 0 Å². The highest BCUT2D eigenvalue weighted by atomic mass is 14.3. The zero-order valence-corrected chi connectivity index (χ0v) is 5.96. The van der Waals surface area contributed by atoms with E-state index in [4.69, 9.17) is 5.64 Å². The van der Waals surface area contributed by atoms with Crippen LogP contribution in [0.5, 0.6) is 0 Å². The Kier molecular flexibility index (Phi) is 3.03. The van der Waals surface area contributed by atoms with Gasteiger partial charge in [-0.1, -0.05) is 36.7 Å². The molecule has 0 aliphatic heterocycles. The molecule has 0 aliphatic carbocycles. The van der Waals surface area contributed by atoms with Gasteiger partial charge in [-0.15, -0.1) is 0 Å². The minimum absolute atomic E-state index is 0.962. The first-order chi connectivity index (χ1) is 4.93. The van der Waals surface area contributed by atoms with Gasteiger partial charge in [0.2, 0.25) is 7.41 Å². The van der Waals surface area contributed by atoms with Gasteiger partial charge in [-0.2, -0.15) is 0 Å². The SMILES string of the molecule is N[B]CCc1ccccc1. The van der Waals surface area contributed by atoms with Crippen LogP contribution in [0.15, 0.2) is 30.3 Å². The van der Waals surface area contributed by atoms with Gasteiger partial charge in [0.15, 0.2) is 0 Å². The van der Waals surface area contributed by atoms with E-state index in [0.717, 1.165) is 12.7 Å². The van der Waals surface area contributed by atoms with Crippen LogP contribution in [0.25, 0.3) is 0 Å². The summed E-state index contributed by atoms with van der Waals surface area (Å²) >= 11 is 0. The molecule has 0 spiro atoms. The van der Waals surface area contributed by atoms with Gasteiger partial charge in [0.25, 0.3) is 0 Å². The molecule has 1 radical (unpaired) electrons. The topological polar surface area (TPSA) is 26.0 Å². The van der Waals surface area contributed by atoms with Crippen LogP contribution in [-0.2, 0) is 6.42 Å². The van der Waals surface area contributed by atoms with Crippen molar-refractivity contribution >= 4 is 7.41 Å². The Hall–Kier alpha value is -0.755. The summed E-state index contributed by atoms with van der Waals surface area (Å²) in [7, 11) is 1.70. The monoisotopic (exact) mass is 132 g/mol. The molecule has 0 heterocycles. The Morgan fingerprint density at radius 1 is 1.20 bits per heavy atom. The van der Waals surface area contributed by atoms with Gasteiger partial charge in [0, 0.05) is 0 Å². The zero-order valence-electron chi connectivity index (χ0n) is 5.96. The summed E-state index contributed by atoms with van der Waals surface area (Å²) in [5.41, 5.74) is 6.60. The van der Waals surface area contributed by atoms with Crippen molar-refractivity contribution in [2.45, 2.75) is 12.7 Å². The van der Waals surface area contributed by atoms with Crippen LogP contribution in [0.1, 0.15) is 5.56 Å². The summed E-state index contributed by atoms with van der Waals surface area (Å²) in [5, 5.41) is 0. The van der Waals surface area contributed by atoms with Crippen LogP contribution in [-0.4, -0.2) is 7.41 Å². The standard InChI is InChI=1S/C8H11BN/c10-9-7-6-8-4-2-1-3-5-8/h1-5H,6-7,10H2. The predicted octanol–water partition coefficient (Wildman–Crippen LogP) is 1.23. The molecule has 1 aromatic rings. The molecule has 1 aromatic carbocycles. The Bertz CT molecular complexity index is 174. The lowest BCUT2D eigenvalue weighted by atomic mass is 9.87. The van der Waals surface area contributed by atoms with Crippen molar-refractivity contribution in [1.82, 2.24) is 0 Å². The summed E-state index contributed by atoms with van der Waals surface area (Å²) in [6.45, 7) is 0. The van der Waals surface area contributed by atoms with Crippen molar-refractivity contribution in [2.24, 2.45) is 5.64 Å². The summed E-state index contributed by atoms with van der Waals surface area (Å²) in [6.07, 6.45) is 2.02. The van der Waals surface area contributed by atoms with E-state index in [0.29, 0.717) is 0 Å². The fourth-order valence-electron chi connectivity index (χ4n) is 0.895. The molecule has 0 atom stereocenters. The molecule has 0 saturated heterocycles. The zero-order chi connectivity index (χ0) is 7.23. The quantitative estimate of drug-likeness (QED) is 0.615. The molecule has 0 saturated carbocycles. The van der Waals surface area contributed by atoms with Crippen LogP contribution in [0, 0.1) is 0 Å². The number of aryl methyl sites for hydroxylation is 1. The van der Waals surface area contributed by atoms with Crippen LogP contribution in [0.3, 0.4) is 0 Å². The lowest BCUT2D eigenvalue weighted by Gasteiger charge is -1.95. The third-order valence-electron chi connectivity index (χ3n) is 1.44. The van der Waals surface area contributed by atoms with E-state index in [9.17, 15) is 0 Å². The van der Waals surface area contributed by atoms with E-state index in [1.54, 1.807) is 7.41 Å². The lowest BCUT2D eigenvalue weighted by Crippen LogP contribution is -2.04. The Morgan fingerprint density at radius 3 is 2.50 bits per heavy atom. The van der Waals surface area contributed by atoms with Crippen molar-refractivity contribution in [3.05, 3.63) is 35.9 Å². The average molecular weight is 132 g/mol. The maximum Gasteiger partial charge on any atom is 0.202 e. The van der Waals surface area contributed by atoms with Crippen molar-refractivity contribution in [2.75, 3.05) is 0 Å². The van der Waals surface area contributed by atoms with Gasteiger partial charge in [-0.25, -0.2) is 0 Å². The average Bonchev–Trinajstić information content (AvgIpc) is 2.03. The Balaban J connectivity index is 2.43. The molecule has 51 valence electrons. The second-order valence-corrected chi connectivity index (χ2v) is 2.26. The van der Waals surface area contributed by atoms with E-state index < -0.39 is 0 Å². The van der Waals surface area contributed by atoms with E-state index >= 15 is 0 Å². The highest BCUT2D eigenvalue weighted by Gasteiger charge is 1.88. The molecule has 1 nitrogen and oxygen atoms in total. The first kappa shape index (κ1) is 7.35. The molecule has 0 fully saturated rings. The van der Waals surface area contributed by atoms with E-state index in [-0.39, 0.29) is 0 Å². The molecule has 1 rings (SSSR count). The van der Waals surface area contributed by atoms with Crippen molar-refractivity contribution in [3.8, 4) is 0 Å². The molecule has 2 N–H and O–H groups in total. The smallest absolute Gasteiger partial charge is 0.202 e. The Labute approximate surface area is 62.5 Å². The summed E-state index contributed by atoms with van der Waals surface area (Å²) in [4.78, 5) is 0. The number of hydrogen-bond donors (Lipinski definition) is 1. The molecule has 10 heavy (non-hydrogen) atoms. The molecule has 0 aliphatic rings. The third-order valence-corrected chi connectivity index (χ3v) is 1.44. The van der Waals surface area contributed by atoms with Gasteiger partial charge in [0.1, 0.15) is 0 Å². The van der Waals surface area contributed by atoms with Crippen molar-refractivity contribution < 1.29 is 0 Å². The van der Waals surface area contributed by atoms with Gasteiger partial charge in [-0.05, 0) is 12.0 Å². The van der Waals surface area contributed by atoms with Crippen LogP contribution in [0.2, 0.25) is 6.32 Å². The van der Waals surface area contributed by atoms with Crippen LogP contribution < -0.4 is 5.64 Å². The first-order valence-corrected chi connectivity index (χ1v) is 3.51. The van der Waals surface area contributed by atoms with Crippen LogP contribution >= 0.6 is 0 Å². The summed E-state index contributed by atoms with van der Waals surface area (Å²) in [6, 6.07) is 10.3. The normalized spacial score (nSPS) is 9.30. The second kappa shape index (κ2) is 4.12. The molecular formula is C8H11BN. The first-order valence-electron chi connectivity index (χ1n) is 3.51. The summed E-state index contributed by atoms with van der Waals surface area (Å²) < 4.78 is 0. The largest absolute Gasteiger partial charge is 0.374 e. The molecule has 0 bridgehead atoms. The molecule has 0 unspecified atom stereocenters. The van der Waals surface area contributed by atoms with Crippen molar-refractivity contribution in [3.63, 3.8) is 0 Å². The minimum Gasteiger partial charge on any atom is -0.374 e. The van der Waals surface area contributed by atoms with Gasteiger partial charge in [0.05, 0.1) is 0 Å². The minimum atomic E-state index is 0.962. The summed E-state index contributed by atoms with van der Waals surface area (Å²) in [5.74, 6) is 0. The van der Waals surface area contributed by atoms with E-state index in [1.807, 2.05) is 18.2 Å². The molecular weight excluding hydrogens is 121 g/mol. The lowest BCUT2D eigenvalue weighted by molar-refractivity contribution is 1.12. The highest BCUT2D eigenvalue weighted by Crippen LogP contribution is 2.00. The van der Waals surface area contributed by atoms with Gasteiger partial charge < -0.3 is 5.64 Å². The second-order valence-electron chi connectivity index (χ2n) is 2.26. The maximum absolute atomic E-state index is 5.25. The fourth-order valence-corrected chi connectivity index (χ4v) is 0.895. The van der Waals surface area contributed by atoms with E-state index in [2.05, 4.69) is 12.1 Å². The number of hydrogen-bond acceptors (Lipinski definition) is 1. The van der Waals surface area contributed by atoms with Gasteiger partial charge >= 0.3 is 0 Å². The molecule has 0 amide bonds. The number of benzene rings is 1. The third kappa shape index (κ3) is 2.23. The molecule has 0 aromatic heterocycles. The number of nitrogens with two attached hydrogens (primary N) is 1. The Morgan fingerprint density at radius 2 is 1.90 bits per heavy atom. The van der Waals surface area contributed by atoms with Gasteiger partial charge in [-0.3, -0.25) is 0 Å². The van der Waals surface area contributed by atoms with E-state index in [1.165, 1.54) is 5.56 Å². The molecule has 2 heteroatoms.